The summed E-state index contributed by atoms with van der Waals surface area (Å²) in [5.74, 6) is 0.421. The fourth-order valence-electron chi connectivity index (χ4n) is 2.39. The van der Waals surface area contributed by atoms with E-state index in [0.717, 1.165) is 11.4 Å². The molecule has 0 saturated heterocycles. The van der Waals surface area contributed by atoms with Crippen LogP contribution in [0.2, 0.25) is 0 Å². The Kier molecular flexibility index (Phi) is 2.09. The zero-order valence-corrected chi connectivity index (χ0v) is 10.7. The first-order valence-corrected chi connectivity index (χ1v) is 6.25. The van der Waals surface area contributed by atoms with Crippen LogP contribution in [0.5, 0.6) is 0 Å². The predicted octanol–water partition coefficient (Wildman–Crippen LogP) is 1.67. The van der Waals surface area contributed by atoms with Crippen LogP contribution >= 0.6 is 0 Å². The van der Waals surface area contributed by atoms with E-state index in [1.807, 2.05) is 37.3 Å². The molecule has 20 heavy (non-hydrogen) atoms. The number of hydrogen-bond acceptors (Lipinski definition) is 3. The maximum Gasteiger partial charge on any atom is 0.270 e. The van der Waals surface area contributed by atoms with Crippen molar-refractivity contribution in [1.29, 1.82) is 0 Å². The Balaban J connectivity index is 2.14. The number of aromatic nitrogens is 5. The Morgan fingerprint density at radius 3 is 2.80 bits per heavy atom. The van der Waals surface area contributed by atoms with E-state index in [9.17, 15) is 4.79 Å². The summed E-state index contributed by atoms with van der Waals surface area (Å²) in [6.45, 7) is 1.84. The zero-order valence-electron chi connectivity index (χ0n) is 10.7. The van der Waals surface area contributed by atoms with Crippen molar-refractivity contribution < 1.29 is 0 Å². The maximum atomic E-state index is 12.5. The lowest BCUT2D eigenvalue weighted by Gasteiger charge is -2.03. The van der Waals surface area contributed by atoms with E-state index in [4.69, 9.17) is 0 Å². The van der Waals surface area contributed by atoms with Gasteiger partial charge in [0.05, 0.1) is 11.9 Å². The third kappa shape index (κ3) is 1.36. The molecule has 0 spiro atoms. The second kappa shape index (κ2) is 3.80. The number of nitrogens with one attached hydrogen (secondary N) is 1. The number of rotatable bonds is 1. The minimum Gasteiger partial charge on any atom is -0.299 e. The summed E-state index contributed by atoms with van der Waals surface area (Å²) in [6.07, 6.45) is 3.33. The molecule has 6 nitrogen and oxygen atoms in total. The number of H-pyrrole nitrogens is 1. The number of imidazole rings is 1. The van der Waals surface area contributed by atoms with E-state index in [-0.39, 0.29) is 5.56 Å². The Morgan fingerprint density at radius 2 is 2.00 bits per heavy atom. The number of benzene rings is 1. The van der Waals surface area contributed by atoms with Gasteiger partial charge in [0.25, 0.3) is 5.56 Å². The second-order valence-electron chi connectivity index (χ2n) is 4.63. The van der Waals surface area contributed by atoms with Crippen LogP contribution in [0, 0.1) is 6.92 Å². The Hall–Kier alpha value is -2.89. The molecule has 0 fully saturated rings. The molecular formula is C14H11N5O. The number of hydrogen-bond donors (Lipinski definition) is 1. The van der Waals surface area contributed by atoms with Gasteiger partial charge >= 0.3 is 0 Å². The van der Waals surface area contributed by atoms with Crippen molar-refractivity contribution >= 4 is 16.8 Å². The molecule has 0 aliphatic rings. The summed E-state index contributed by atoms with van der Waals surface area (Å²) in [5.41, 5.74) is 2.18. The first-order valence-electron chi connectivity index (χ1n) is 6.25. The fourth-order valence-corrected chi connectivity index (χ4v) is 2.39. The van der Waals surface area contributed by atoms with Crippen molar-refractivity contribution in [3.05, 3.63) is 58.8 Å². The van der Waals surface area contributed by atoms with Gasteiger partial charge in [0, 0.05) is 11.9 Å². The van der Waals surface area contributed by atoms with Gasteiger partial charge in [-0.15, -0.1) is 0 Å². The third-order valence-electron chi connectivity index (χ3n) is 3.36. The summed E-state index contributed by atoms with van der Waals surface area (Å²) in [6, 6.07) is 9.71. The molecule has 0 bridgehead atoms. The van der Waals surface area contributed by atoms with Crippen LogP contribution in [0.4, 0.5) is 0 Å². The molecule has 1 aromatic carbocycles. The van der Waals surface area contributed by atoms with Crippen LogP contribution in [0.25, 0.3) is 22.5 Å². The molecular weight excluding hydrogens is 254 g/mol. The van der Waals surface area contributed by atoms with E-state index >= 15 is 0 Å². The van der Waals surface area contributed by atoms with Gasteiger partial charge in [-0.05, 0) is 19.1 Å². The summed E-state index contributed by atoms with van der Waals surface area (Å²) >= 11 is 0. The largest absolute Gasteiger partial charge is 0.299 e. The van der Waals surface area contributed by atoms with Gasteiger partial charge in [-0.1, -0.05) is 18.2 Å². The van der Waals surface area contributed by atoms with Crippen LogP contribution in [0.3, 0.4) is 0 Å². The number of fused-ring (bicyclic) bond motifs is 2. The third-order valence-corrected chi connectivity index (χ3v) is 3.36. The molecule has 0 atom stereocenters. The van der Waals surface area contributed by atoms with Gasteiger partial charge in [-0.3, -0.25) is 9.89 Å². The second-order valence-corrected chi connectivity index (χ2v) is 4.63. The van der Waals surface area contributed by atoms with Crippen LogP contribution in [-0.4, -0.2) is 24.1 Å². The highest BCUT2D eigenvalue weighted by Crippen LogP contribution is 2.14. The van der Waals surface area contributed by atoms with E-state index in [2.05, 4.69) is 15.1 Å². The highest BCUT2D eigenvalue weighted by Gasteiger charge is 2.13. The molecule has 4 aromatic rings. The number of aromatic amines is 1. The zero-order chi connectivity index (χ0) is 13.7. The molecule has 0 saturated carbocycles. The molecule has 0 unspecified atom stereocenters. The minimum atomic E-state index is -0.106. The van der Waals surface area contributed by atoms with Crippen LogP contribution < -0.4 is 5.56 Å². The van der Waals surface area contributed by atoms with Gasteiger partial charge in [0.2, 0.25) is 5.78 Å². The lowest BCUT2D eigenvalue weighted by Crippen LogP contribution is -2.15. The fraction of sp³-hybridized carbons (Fsp3) is 0.0714. The standard InChI is InChI=1S/C14H11N5O/c1-9-7-15-14-17-12-11(13(20)18(9)14)8-16-19(12)10-5-3-2-4-6-10/h2-8,16H,1H3. The predicted molar refractivity (Wildman–Crippen MR) is 75.2 cm³/mol. The molecule has 6 heteroatoms. The Labute approximate surface area is 113 Å². The molecule has 4 rings (SSSR count). The SMILES string of the molecule is Cc1cnc2nc3c(c[nH]n3-c3ccccc3)c(=O)n12. The smallest absolute Gasteiger partial charge is 0.270 e. The van der Waals surface area contributed by atoms with Crippen molar-refractivity contribution in [2.75, 3.05) is 0 Å². The summed E-state index contributed by atoms with van der Waals surface area (Å²) in [4.78, 5) is 21.1. The van der Waals surface area contributed by atoms with Crippen molar-refractivity contribution in [3.63, 3.8) is 0 Å². The van der Waals surface area contributed by atoms with Crippen molar-refractivity contribution in [3.8, 4) is 5.69 Å². The van der Waals surface area contributed by atoms with Gasteiger partial charge in [0.15, 0.2) is 5.65 Å². The molecule has 1 N–H and O–H groups in total. The summed E-state index contributed by atoms with van der Waals surface area (Å²) in [7, 11) is 0. The number of aryl methyl sites for hydroxylation is 1. The van der Waals surface area contributed by atoms with Gasteiger partial charge in [-0.2, -0.15) is 4.98 Å². The summed E-state index contributed by atoms with van der Waals surface area (Å²) < 4.78 is 3.30. The quantitative estimate of drug-likeness (QED) is 0.569. The van der Waals surface area contributed by atoms with Crippen molar-refractivity contribution in [1.82, 2.24) is 24.1 Å². The Bertz CT molecular complexity index is 977. The molecule has 0 aliphatic heterocycles. The monoisotopic (exact) mass is 265 g/mol. The molecule has 98 valence electrons. The van der Waals surface area contributed by atoms with Crippen molar-refractivity contribution in [2.45, 2.75) is 6.92 Å². The van der Waals surface area contributed by atoms with Crippen LogP contribution in [-0.2, 0) is 0 Å². The van der Waals surface area contributed by atoms with E-state index in [0.29, 0.717) is 16.8 Å². The van der Waals surface area contributed by atoms with Gasteiger partial charge in [0.1, 0.15) is 5.39 Å². The highest BCUT2D eigenvalue weighted by molar-refractivity contribution is 5.77. The average Bonchev–Trinajstić information content (AvgIpc) is 3.05. The van der Waals surface area contributed by atoms with Crippen LogP contribution in [0.15, 0.2) is 47.5 Å². The molecule has 3 heterocycles. The first-order chi connectivity index (χ1) is 9.75. The van der Waals surface area contributed by atoms with E-state index in [1.165, 1.54) is 4.40 Å². The Morgan fingerprint density at radius 1 is 1.20 bits per heavy atom. The number of para-hydroxylation sites is 1. The van der Waals surface area contributed by atoms with Crippen LogP contribution in [0.1, 0.15) is 5.69 Å². The van der Waals surface area contributed by atoms with E-state index in [1.54, 1.807) is 17.1 Å². The first kappa shape index (κ1) is 11.0. The summed E-state index contributed by atoms with van der Waals surface area (Å²) in [5, 5.41) is 3.61. The molecule has 0 aliphatic carbocycles. The van der Waals surface area contributed by atoms with Crippen molar-refractivity contribution in [2.24, 2.45) is 0 Å². The normalized spacial score (nSPS) is 11.4. The lowest BCUT2D eigenvalue weighted by molar-refractivity contribution is 0.895. The number of nitrogens with zero attached hydrogens (tertiary/aromatic N) is 4. The maximum absolute atomic E-state index is 12.5. The molecule has 0 radical (unpaired) electrons. The lowest BCUT2D eigenvalue weighted by atomic mass is 10.3. The molecule has 3 aromatic heterocycles. The molecule has 0 amide bonds. The average molecular weight is 265 g/mol. The minimum absolute atomic E-state index is 0.106. The van der Waals surface area contributed by atoms with Gasteiger partial charge in [-0.25, -0.2) is 14.1 Å². The van der Waals surface area contributed by atoms with E-state index < -0.39 is 0 Å². The topological polar surface area (TPSA) is 68.0 Å². The highest BCUT2D eigenvalue weighted by atomic mass is 16.1. The van der Waals surface area contributed by atoms with Gasteiger partial charge < -0.3 is 0 Å².